The molecule has 1 atom stereocenters. The van der Waals surface area contributed by atoms with Gasteiger partial charge in [-0.3, -0.25) is 19.7 Å². The van der Waals surface area contributed by atoms with Crippen LogP contribution in [0.4, 0.5) is 0 Å². The Labute approximate surface area is 114 Å². The summed E-state index contributed by atoms with van der Waals surface area (Å²) >= 11 is 0. The predicted molar refractivity (Wildman–Crippen MR) is 71.9 cm³/mol. The van der Waals surface area contributed by atoms with Crippen LogP contribution in [0.5, 0.6) is 0 Å². The summed E-state index contributed by atoms with van der Waals surface area (Å²) in [6.45, 7) is 1.78. The number of carbonyl (C=O) groups excluding carboxylic acids is 2. The van der Waals surface area contributed by atoms with Crippen molar-refractivity contribution in [2.45, 2.75) is 25.8 Å². The summed E-state index contributed by atoms with van der Waals surface area (Å²) in [5.41, 5.74) is 0.304. The summed E-state index contributed by atoms with van der Waals surface area (Å²) < 4.78 is 1.26. The van der Waals surface area contributed by atoms with Gasteiger partial charge < -0.3 is 0 Å². The zero-order chi connectivity index (χ0) is 14.5. The molecule has 1 aromatic carbocycles. The van der Waals surface area contributed by atoms with E-state index in [4.69, 9.17) is 0 Å². The Morgan fingerprint density at radius 2 is 2.20 bits per heavy atom. The van der Waals surface area contributed by atoms with E-state index in [9.17, 15) is 14.4 Å². The van der Waals surface area contributed by atoms with Gasteiger partial charge in [0, 0.05) is 6.42 Å². The number of carbonyl (C=O) groups is 2. The van der Waals surface area contributed by atoms with Crippen molar-refractivity contribution in [2.75, 3.05) is 0 Å². The molecule has 0 saturated carbocycles. The van der Waals surface area contributed by atoms with E-state index in [2.05, 4.69) is 15.6 Å². The van der Waals surface area contributed by atoms with E-state index in [0.29, 0.717) is 23.7 Å². The van der Waals surface area contributed by atoms with Crippen LogP contribution in [0.1, 0.15) is 25.8 Å². The maximum atomic E-state index is 12.2. The number of benzene rings is 1. The number of nitrogens with zero attached hydrogens (tertiary/aromatic N) is 3. The maximum absolute atomic E-state index is 12.2. The smallest absolute Gasteiger partial charge is 0.277 e. The van der Waals surface area contributed by atoms with Gasteiger partial charge in [0.2, 0.25) is 12.3 Å². The van der Waals surface area contributed by atoms with Crippen molar-refractivity contribution in [1.82, 2.24) is 20.3 Å². The van der Waals surface area contributed by atoms with Gasteiger partial charge >= 0.3 is 0 Å². The standard InChI is InChI=1S/C13H14N4O3/c1-9(6-7-12(19)14-8-18)17-13(20)10-4-2-3-5-11(10)15-16-17/h2-5,8-9H,6-7H2,1H3,(H,14,18,19). The first-order valence-corrected chi connectivity index (χ1v) is 6.20. The number of hydrogen-bond donors (Lipinski definition) is 1. The molecule has 0 aliphatic rings. The first kappa shape index (κ1) is 13.9. The molecule has 0 radical (unpaired) electrons. The second kappa shape index (κ2) is 6.05. The highest BCUT2D eigenvalue weighted by atomic mass is 16.2. The second-order valence-electron chi connectivity index (χ2n) is 4.43. The van der Waals surface area contributed by atoms with Crippen LogP contribution in [0.25, 0.3) is 10.9 Å². The minimum absolute atomic E-state index is 0.140. The Balaban J connectivity index is 2.20. The molecule has 0 aliphatic heterocycles. The molecular weight excluding hydrogens is 260 g/mol. The van der Waals surface area contributed by atoms with Gasteiger partial charge in [-0.15, -0.1) is 5.10 Å². The van der Waals surface area contributed by atoms with Crippen LogP contribution < -0.4 is 10.9 Å². The normalized spacial score (nSPS) is 12.1. The van der Waals surface area contributed by atoms with Gasteiger partial charge in [0.05, 0.1) is 11.4 Å². The Bertz CT molecular complexity index is 695. The summed E-state index contributed by atoms with van der Waals surface area (Å²) in [5.74, 6) is -0.381. The number of hydrogen-bond acceptors (Lipinski definition) is 5. The Morgan fingerprint density at radius 1 is 1.45 bits per heavy atom. The van der Waals surface area contributed by atoms with Crippen LogP contribution in [0.3, 0.4) is 0 Å². The molecule has 2 rings (SSSR count). The van der Waals surface area contributed by atoms with E-state index >= 15 is 0 Å². The van der Waals surface area contributed by atoms with Gasteiger partial charge in [-0.05, 0) is 25.5 Å². The first-order valence-electron chi connectivity index (χ1n) is 6.20. The van der Waals surface area contributed by atoms with Crippen molar-refractivity contribution < 1.29 is 9.59 Å². The third kappa shape index (κ3) is 2.87. The van der Waals surface area contributed by atoms with Crippen molar-refractivity contribution >= 4 is 23.2 Å². The molecule has 1 unspecified atom stereocenters. The van der Waals surface area contributed by atoms with Crippen LogP contribution in [-0.4, -0.2) is 27.3 Å². The minimum atomic E-state index is -0.381. The molecule has 20 heavy (non-hydrogen) atoms. The van der Waals surface area contributed by atoms with Gasteiger partial charge in [-0.25, -0.2) is 4.68 Å². The molecule has 1 heterocycles. The van der Waals surface area contributed by atoms with Crippen LogP contribution in [-0.2, 0) is 9.59 Å². The zero-order valence-electron chi connectivity index (χ0n) is 10.9. The monoisotopic (exact) mass is 274 g/mol. The van der Waals surface area contributed by atoms with Crippen LogP contribution >= 0.6 is 0 Å². The Kier molecular flexibility index (Phi) is 4.19. The van der Waals surface area contributed by atoms with Crippen molar-refractivity contribution in [1.29, 1.82) is 0 Å². The molecule has 7 heteroatoms. The predicted octanol–water partition coefficient (Wildman–Crippen LogP) is 0.405. The largest absolute Gasteiger partial charge is 0.299 e. The van der Waals surface area contributed by atoms with E-state index < -0.39 is 0 Å². The average molecular weight is 274 g/mol. The number of fused-ring (bicyclic) bond motifs is 1. The lowest BCUT2D eigenvalue weighted by atomic mass is 10.1. The zero-order valence-corrected chi connectivity index (χ0v) is 10.9. The van der Waals surface area contributed by atoms with Gasteiger partial charge in [0.1, 0.15) is 5.52 Å². The SMILES string of the molecule is CC(CCC(=O)NC=O)n1nnc2ccccc2c1=O. The molecule has 0 aliphatic carbocycles. The van der Waals surface area contributed by atoms with Crippen LogP contribution in [0, 0.1) is 0 Å². The fourth-order valence-corrected chi connectivity index (χ4v) is 1.89. The molecule has 0 bridgehead atoms. The van der Waals surface area contributed by atoms with E-state index in [0.717, 1.165) is 0 Å². The topological polar surface area (TPSA) is 93.9 Å². The molecule has 7 nitrogen and oxygen atoms in total. The van der Waals surface area contributed by atoms with E-state index in [1.807, 2.05) is 0 Å². The van der Waals surface area contributed by atoms with Gasteiger partial charge in [0.15, 0.2) is 0 Å². The second-order valence-corrected chi connectivity index (χ2v) is 4.43. The number of imide groups is 1. The molecule has 0 fully saturated rings. The number of nitrogens with one attached hydrogen (secondary N) is 1. The van der Waals surface area contributed by atoms with Crippen LogP contribution in [0.15, 0.2) is 29.1 Å². The number of rotatable bonds is 5. The molecule has 2 amide bonds. The minimum Gasteiger partial charge on any atom is -0.299 e. The average Bonchev–Trinajstić information content (AvgIpc) is 2.46. The lowest BCUT2D eigenvalue weighted by Crippen LogP contribution is -2.28. The third-order valence-corrected chi connectivity index (χ3v) is 3.02. The number of aromatic nitrogens is 3. The highest BCUT2D eigenvalue weighted by molar-refractivity contribution is 5.85. The van der Waals surface area contributed by atoms with E-state index in [1.54, 1.807) is 31.2 Å². The van der Waals surface area contributed by atoms with Crippen molar-refractivity contribution in [2.24, 2.45) is 0 Å². The first-order chi connectivity index (χ1) is 9.63. The molecule has 1 N–H and O–H groups in total. The molecule has 1 aromatic heterocycles. The highest BCUT2D eigenvalue weighted by Crippen LogP contribution is 2.11. The van der Waals surface area contributed by atoms with Crippen molar-refractivity contribution in [3.05, 3.63) is 34.6 Å². The molecule has 104 valence electrons. The lowest BCUT2D eigenvalue weighted by molar-refractivity contribution is -0.125. The van der Waals surface area contributed by atoms with E-state index in [-0.39, 0.29) is 23.9 Å². The maximum Gasteiger partial charge on any atom is 0.277 e. The van der Waals surface area contributed by atoms with Crippen LogP contribution in [0.2, 0.25) is 0 Å². The highest BCUT2D eigenvalue weighted by Gasteiger charge is 2.13. The summed E-state index contributed by atoms with van der Waals surface area (Å²) in [5, 5.41) is 10.4. The lowest BCUT2D eigenvalue weighted by Gasteiger charge is -2.12. The fourth-order valence-electron chi connectivity index (χ4n) is 1.89. The summed E-state index contributed by atoms with van der Waals surface area (Å²) in [4.78, 5) is 33.6. The van der Waals surface area contributed by atoms with Crippen molar-refractivity contribution in [3.8, 4) is 0 Å². The molecule has 0 spiro atoms. The van der Waals surface area contributed by atoms with E-state index in [1.165, 1.54) is 4.68 Å². The van der Waals surface area contributed by atoms with Gasteiger partial charge in [-0.1, -0.05) is 17.3 Å². The number of amides is 2. The van der Waals surface area contributed by atoms with Crippen molar-refractivity contribution in [3.63, 3.8) is 0 Å². The third-order valence-electron chi connectivity index (χ3n) is 3.02. The Hall–Kier alpha value is -2.57. The molecule has 0 saturated heterocycles. The molecular formula is C13H14N4O3. The quantitative estimate of drug-likeness (QED) is 0.797. The van der Waals surface area contributed by atoms with Gasteiger partial charge in [0.25, 0.3) is 5.56 Å². The summed E-state index contributed by atoms with van der Waals surface area (Å²) in [6, 6.07) is 6.67. The fraction of sp³-hybridized carbons (Fsp3) is 0.308. The van der Waals surface area contributed by atoms with Gasteiger partial charge in [-0.2, -0.15) is 0 Å². The summed E-state index contributed by atoms with van der Waals surface area (Å²) in [7, 11) is 0. The summed E-state index contributed by atoms with van der Waals surface area (Å²) in [6.07, 6.45) is 0.877. The molecule has 2 aromatic rings. The Morgan fingerprint density at radius 3 is 2.95 bits per heavy atom.